The Bertz CT molecular complexity index is 665. The number of likely N-dealkylation sites (tertiary alicyclic amines) is 1. The predicted molar refractivity (Wildman–Crippen MR) is 109 cm³/mol. The molecule has 7 heteroatoms. The minimum Gasteiger partial charge on any atom is -0.466 e. The zero-order valence-electron chi connectivity index (χ0n) is 17.0. The smallest absolute Gasteiger partial charge is 0.309 e. The second-order valence-corrected chi connectivity index (χ2v) is 7.48. The first-order valence-corrected chi connectivity index (χ1v) is 9.97. The third kappa shape index (κ3) is 6.87. The van der Waals surface area contributed by atoms with Gasteiger partial charge in [-0.2, -0.15) is 0 Å². The Hall–Kier alpha value is -2.57. The summed E-state index contributed by atoms with van der Waals surface area (Å²) in [5.41, 5.74) is 1.56. The normalized spacial score (nSPS) is 14.6. The summed E-state index contributed by atoms with van der Waals surface area (Å²) in [6.07, 6.45) is 1.78. The predicted octanol–water partition coefficient (Wildman–Crippen LogP) is 2.88. The lowest BCUT2D eigenvalue weighted by atomic mass is 9.97. The van der Waals surface area contributed by atoms with Crippen molar-refractivity contribution in [3.8, 4) is 0 Å². The van der Waals surface area contributed by atoms with Gasteiger partial charge in [0.1, 0.15) is 0 Å². The molecule has 0 bridgehead atoms. The summed E-state index contributed by atoms with van der Waals surface area (Å²) in [4.78, 5) is 37.7. The van der Waals surface area contributed by atoms with E-state index in [0.29, 0.717) is 44.9 Å². The lowest BCUT2D eigenvalue weighted by molar-refractivity contribution is -0.151. The molecule has 1 aliphatic rings. The van der Waals surface area contributed by atoms with Crippen LogP contribution in [-0.2, 0) is 19.1 Å². The number of anilines is 2. The van der Waals surface area contributed by atoms with Gasteiger partial charge < -0.3 is 20.3 Å². The van der Waals surface area contributed by atoms with Crippen molar-refractivity contribution in [3.63, 3.8) is 0 Å². The van der Waals surface area contributed by atoms with E-state index in [1.165, 1.54) is 0 Å². The van der Waals surface area contributed by atoms with Crippen molar-refractivity contribution in [2.45, 2.75) is 40.0 Å². The number of hydrogen-bond acceptors (Lipinski definition) is 5. The molecule has 1 fully saturated rings. The molecule has 0 spiro atoms. The van der Waals surface area contributed by atoms with Crippen LogP contribution in [-0.4, -0.2) is 48.9 Å². The van der Waals surface area contributed by atoms with Crippen molar-refractivity contribution in [2.24, 2.45) is 11.8 Å². The number of esters is 1. The summed E-state index contributed by atoms with van der Waals surface area (Å²) >= 11 is 0. The minimum absolute atomic E-state index is 0.00268. The lowest BCUT2D eigenvalue weighted by Gasteiger charge is -2.31. The van der Waals surface area contributed by atoms with Gasteiger partial charge in [-0.3, -0.25) is 14.4 Å². The molecule has 7 nitrogen and oxygen atoms in total. The highest BCUT2D eigenvalue weighted by molar-refractivity contribution is 5.91. The van der Waals surface area contributed by atoms with Gasteiger partial charge in [-0.25, -0.2) is 0 Å². The third-order valence-corrected chi connectivity index (χ3v) is 4.67. The fourth-order valence-corrected chi connectivity index (χ4v) is 3.17. The molecular formula is C21H31N3O4. The number of rotatable bonds is 8. The van der Waals surface area contributed by atoms with Crippen LogP contribution in [0.1, 0.15) is 40.0 Å². The SMILES string of the molecule is CCOC(=O)C1CCN(C(=O)CNc2ccc(NC(=O)CC(C)C)cc2)CC1. The molecule has 0 aromatic heterocycles. The highest BCUT2D eigenvalue weighted by atomic mass is 16.5. The molecular weight excluding hydrogens is 358 g/mol. The molecule has 154 valence electrons. The number of carbonyl (C=O) groups excluding carboxylic acids is 3. The van der Waals surface area contributed by atoms with Crippen LogP contribution in [0, 0.1) is 11.8 Å². The van der Waals surface area contributed by atoms with E-state index >= 15 is 0 Å². The van der Waals surface area contributed by atoms with Gasteiger partial charge in [0.05, 0.1) is 19.1 Å². The average Bonchev–Trinajstić information content (AvgIpc) is 2.67. The maximum atomic E-state index is 12.4. The first-order valence-electron chi connectivity index (χ1n) is 9.97. The first kappa shape index (κ1) is 21.7. The lowest BCUT2D eigenvalue weighted by Crippen LogP contribution is -2.43. The molecule has 2 amide bonds. The maximum Gasteiger partial charge on any atom is 0.309 e. The van der Waals surface area contributed by atoms with Crippen LogP contribution >= 0.6 is 0 Å². The fourth-order valence-electron chi connectivity index (χ4n) is 3.17. The molecule has 0 aliphatic carbocycles. The van der Waals surface area contributed by atoms with Crippen molar-refractivity contribution in [3.05, 3.63) is 24.3 Å². The van der Waals surface area contributed by atoms with Crippen LogP contribution in [0.3, 0.4) is 0 Å². The molecule has 0 unspecified atom stereocenters. The van der Waals surface area contributed by atoms with Crippen molar-refractivity contribution in [1.82, 2.24) is 4.90 Å². The summed E-state index contributed by atoms with van der Waals surface area (Å²) in [7, 11) is 0. The number of nitrogens with zero attached hydrogens (tertiary/aromatic N) is 1. The Labute approximate surface area is 166 Å². The van der Waals surface area contributed by atoms with Crippen molar-refractivity contribution < 1.29 is 19.1 Å². The highest BCUT2D eigenvalue weighted by Crippen LogP contribution is 2.19. The van der Waals surface area contributed by atoms with E-state index < -0.39 is 0 Å². The van der Waals surface area contributed by atoms with E-state index in [-0.39, 0.29) is 30.2 Å². The molecule has 1 saturated heterocycles. The maximum absolute atomic E-state index is 12.4. The monoisotopic (exact) mass is 389 g/mol. The average molecular weight is 389 g/mol. The number of amides is 2. The Kier molecular flexibility index (Phi) is 8.29. The van der Waals surface area contributed by atoms with Gasteiger partial charge in [0.25, 0.3) is 0 Å². The standard InChI is InChI=1S/C21H31N3O4/c1-4-28-21(27)16-9-11-24(12-10-16)20(26)14-22-17-5-7-18(8-6-17)23-19(25)13-15(2)3/h5-8,15-16,22H,4,9-14H2,1-3H3,(H,23,25). The number of nitrogens with one attached hydrogen (secondary N) is 2. The van der Waals surface area contributed by atoms with E-state index in [0.717, 1.165) is 11.4 Å². The van der Waals surface area contributed by atoms with Crippen LogP contribution in [0.5, 0.6) is 0 Å². The van der Waals surface area contributed by atoms with Gasteiger partial charge in [-0.1, -0.05) is 13.8 Å². The molecule has 1 aromatic rings. The number of ether oxygens (including phenoxy) is 1. The van der Waals surface area contributed by atoms with Crippen LogP contribution in [0.25, 0.3) is 0 Å². The number of carbonyl (C=O) groups is 3. The summed E-state index contributed by atoms with van der Waals surface area (Å²) < 4.78 is 5.05. The van der Waals surface area contributed by atoms with Gasteiger partial charge in [0.15, 0.2) is 0 Å². The Morgan fingerprint density at radius 2 is 1.71 bits per heavy atom. The zero-order chi connectivity index (χ0) is 20.5. The van der Waals surface area contributed by atoms with Crippen LogP contribution in [0.2, 0.25) is 0 Å². The Morgan fingerprint density at radius 3 is 2.29 bits per heavy atom. The summed E-state index contributed by atoms with van der Waals surface area (Å²) in [6, 6.07) is 7.31. The highest BCUT2D eigenvalue weighted by Gasteiger charge is 2.27. The summed E-state index contributed by atoms with van der Waals surface area (Å²) in [5, 5.41) is 5.97. The van der Waals surface area contributed by atoms with Crippen molar-refractivity contribution in [1.29, 1.82) is 0 Å². The summed E-state index contributed by atoms with van der Waals surface area (Å²) in [6.45, 7) is 7.54. The Morgan fingerprint density at radius 1 is 1.11 bits per heavy atom. The third-order valence-electron chi connectivity index (χ3n) is 4.67. The second-order valence-electron chi connectivity index (χ2n) is 7.48. The topological polar surface area (TPSA) is 87.7 Å². The number of piperidine rings is 1. The molecule has 0 atom stereocenters. The van der Waals surface area contributed by atoms with Crippen LogP contribution < -0.4 is 10.6 Å². The zero-order valence-corrected chi connectivity index (χ0v) is 17.0. The quantitative estimate of drug-likeness (QED) is 0.668. The van der Waals surface area contributed by atoms with Crippen LogP contribution in [0.4, 0.5) is 11.4 Å². The molecule has 1 heterocycles. The van der Waals surface area contributed by atoms with Gasteiger partial charge in [0, 0.05) is 30.9 Å². The molecule has 1 aliphatic heterocycles. The van der Waals surface area contributed by atoms with Gasteiger partial charge in [0.2, 0.25) is 11.8 Å². The van der Waals surface area contributed by atoms with Crippen LogP contribution in [0.15, 0.2) is 24.3 Å². The van der Waals surface area contributed by atoms with Gasteiger partial charge in [-0.15, -0.1) is 0 Å². The van der Waals surface area contributed by atoms with E-state index in [2.05, 4.69) is 10.6 Å². The molecule has 0 saturated carbocycles. The molecule has 2 N–H and O–H groups in total. The van der Waals surface area contributed by atoms with E-state index in [1.54, 1.807) is 11.8 Å². The minimum atomic E-state index is -0.159. The van der Waals surface area contributed by atoms with E-state index in [9.17, 15) is 14.4 Å². The van der Waals surface area contributed by atoms with Gasteiger partial charge >= 0.3 is 5.97 Å². The van der Waals surface area contributed by atoms with E-state index in [4.69, 9.17) is 4.74 Å². The van der Waals surface area contributed by atoms with Gasteiger partial charge in [-0.05, 0) is 49.9 Å². The second kappa shape index (κ2) is 10.7. The van der Waals surface area contributed by atoms with Crippen molar-refractivity contribution in [2.75, 3.05) is 36.9 Å². The number of benzene rings is 1. The summed E-state index contributed by atoms with van der Waals surface area (Å²) in [5.74, 6) is 0.0618. The largest absolute Gasteiger partial charge is 0.466 e. The molecule has 2 rings (SSSR count). The fraction of sp³-hybridized carbons (Fsp3) is 0.571. The molecule has 28 heavy (non-hydrogen) atoms. The molecule has 0 radical (unpaired) electrons. The molecule has 1 aromatic carbocycles. The van der Waals surface area contributed by atoms with E-state index in [1.807, 2.05) is 38.1 Å². The Balaban J connectivity index is 1.74. The van der Waals surface area contributed by atoms with Crippen molar-refractivity contribution >= 4 is 29.2 Å². The number of hydrogen-bond donors (Lipinski definition) is 2. The first-order chi connectivity index (χ1) is 13.4.